The van der Waals surface area contributed by atoms with Crippen LogP contribution in [0.1, 0.15) is 19.4 Å². The topological polar surface area (TPSA) is 35.9 Å². The van der Waals surface area contributed by atoms with Gasteiger partial charge in [0.05, 0.1) is 10.7 Å². The minimum Gasteiger partial charge on any atom is -0.504 e. The fraction of sp³-hybridized carbons (Fsp3) is 0.600. The van der Waals surface area contributed by atoms with Crippen LogP contribution in [-0.4, -0.2) is 55.2 Å². The maximum Gasteiger partial charge on any atom is 0.171 e. The van der Waals surface area contributed by atoms with Gasteiger partial charge < -0.3 is 19.6 Å². The van der Waals surface area contributed by atoms with Gasteiger partial charge >= 0.3 is 0 Å². The molecule has 0 fully saturated rings. The van der Waals surface area contributed by atoms with Crippen LogP contribution in [0.25, 0.3) is 0 Å². The molecule has 0 heterocycles. The van der Waals surface area contributed by atoms with Gasteiger partial charge in [-0.2, -0.15) is 0 Å². The second-order valence-electron chi connectivity index (χ2n) is 4.89. The smallest absolute Gasteiger partial charge is 0.171 e. The second kappa shape index (κ2) is 8.69. The summed E-state index contributed by atoms with van der Waals surface area (Å²) in [6.45, 7) is 9.53. The Morgan fingerprint density at radius 3 is 2.40 bits per heavy atom. The summed E-state index contributed by atoms with van der Waals surface area (Å²) in [6.07, 6.45) is 0. The van der Waals surface area contributed by atoms with Gasteiger partial charge in [-0.1, -0.05) is 13.8 Å². The van der Waals surface area contributed by atoms with E-state index < -0.39 is 0 Å². The molecule has 0 aromatic heterocycles. The zero-order chi connectivity index (χ0) is 15.1. The number of halogens is 1. The highest BCUT2D eigenvalue weighted by atomic mass is 127. The van der Waals surface area contributed by atoms with Crippen molar-refractivity contribution in [3.63, 3.8) is 0 Å². The van der Waals surface area contributed by atoms with Crippen molar-refractivity contribution in [2.45, 2.75) is 20.4 Å². The molecule has 0 unspecified atom stereocenters. The molecule has 0 aliphatic carbocycles. The first-order chi connectivity index (χ1) is 9.51. The van der Waals surface area contributed by atoms with Gasteiger partial charge in [0.2, 0.25) is 0 Å². The van der Waals surface area contributed by atoms with Crippen LogP contribution >= 0.6 is 22.6 Å². The van der Waals surface area contributed by atoms with E-state index in [-0.39, 0.29) is 5.75 Å². The highest BCUT2D eigenvalue weighted by molar-refractivity contribution is 14.1. The Morgan fingerprint density at radius 1 is 1.20 bits per heavy atom. The Morgan fingerprint density at radius 2 is 1.85 bits per heavy atom. The number of rotatable bonds is 8. The molecule has 0 aliphatic heterocycles. The zero-order valence-electron chi connectivity index (χ0n) is 12.8. The SMILES string of the molecule is CCN(CC)CCN(C)Cc1cc(I)c(O)c(OC)c1. The third-order valence-corrected chi connectivity index (χ3v) is 4.28. The molecule has 4 nitrogen and oxygen atoms in total. The molecule has 0 radical (unpaired) electrons. The number of phenols is 1. The van der Waals surface area contributed by atoms with Crippen LogP contribution in [0.5, 0.6) is 11.5 Å². The van der Waals surface area contributed by atoms with Crippen molar-refractivity contribution < 1.29 is 9.84 Å². The number of benzene rings is 1. The van der Waals surface area contributed by atoms with Gasteiger partial charge in [-0.25, -0.2) is 0 Å². The standard InChI is InChI=1S/C15H25IN2O2/c1-5-18(6-2)8-7-17(3)11-12-9-13(16)15(19)14(10-12)20-4/h9-10,19H,5-8,11H2,1-4H3. The number of likely N-dealkylation sites (N-methyl/N-ethyl adjacent to an activating group) is 2. The van der Waals surface area contributed by atoms with Crippen molar-refractivity contribution in [3.05, 3.63) is 21.3 Å². The third-order valence-electron chi connectivity index (χ3n) is 3.45. The number of ether oxygens (including phenoxy) is 1. The fourth-order valence-corrected chi connectivity index (χ4v) is 2.78. The van der Waals surface area contributed by atoms with Crippen LogP contribution in [0.4, 0.5) is 0 Å². The number of hydrogen-bond donors (Lipinski definition) is 1. The van der Waals surface area contributed by atoms with Gasteiger partial charge in [-0.3, -0.25) is 0 Å². The van der Waals surface area contributed by atoms with E-state index in [0.717, 1.165) is 41.9 Å². The lowest BCUT2D eigenvalue weighted by atomic mass is 10.2. The maximum atomic E-state index is 9.84. The molecule has 1 rings (SSSR count). The van der Waals surface area contributed by atoms with E-state index in [1.54, 1.807) is 7.11 Å². The average molecular weight is 392 g/mol. The predicted molar refractivity (Wildman–Crippen MR) is 91.5 cm³/mol. The molecule has 5 heteroatoms. The predicted octanol–water partition coefficient (Wildman–Crippen LogP) is 2.78. The Kier molecular flexibility index (Phi) is 7.61. The summed E-state index contributed by atoms with van der Waals surface area (Å²) in [7, 11) is 3.70. The van der Waals surface area contributed by atoms with Gasteiger partial charge in [0.1, 0.15) is 0 Å². The molecule has 0 amide bonds. The number of hydrogen-bond acceptors (Lipinski definition) is 4. The van der Waals surface area contributed by atoms with E-state index in [4.69, 9.17) is 4.74 Å². The number of methoxy groups -OCH3 is 1. The molecule has 0 aliphatic rings. The van der Waals surface area contributed by atoms with E-state index in [1.807, 2.05) is 12.1 Å². The van der Waals surface area contributed by atoms with Crippen LogP contribution in [0.2, 0.25) is 0 Å². The molecule has 114 valence electrons. The van der Waals surface area contributed by atoms with E-state index in [1.165, 1.54) is 0 Å². The van der Waals surface area contributed by atoms with Crippen LogP contribution in [0, 0.1) is 3.57 Å². The molecule has 0 bridgehead atoms. The summed E-state index contributed by atoms with van der Waals surface area (Å²) in [5.74, 6) is 0.770. The third kappa shape index (κ3) is 5.10. The Hall–Kier alpha value is -0.530. The number of aromatic hydroxyl groups is 1. The molecule has 1 aromatic rings. The first-order valence-electron chi connectivity index (χ1n) is 6.98. The monoisotopic (exact) mass is 392 g/mol. The Bertz CT molecular complexity index is 423. The summed E-state index contributed by atoms with van der Waals surface area (Å²) in [4.78, 5) is 4.71. The van der Waals surface area contributed by atoms with Crippen molar-refractivity contribution in [2.24, 2.45) is 0 Å². The zero-order valence-corrected chi connectivity index (χ0v) is 15.0. The normalized spacial score (nSPS) is 11.3. The molecule has 0 saturated heterocycles. The number of nitrogens with zero attached hydrogens (tertiary/aromatic N) is 2. The van der Waals surface area contributed by atoms with E-state index >= 15 is 0 Å². The first kappa shape index (κ1) is 17.5. The van der Waals surface area contributed by atoms with Gasteiger partial charge in [0.25, 0.3) is 0 Å². The van der Waals surface area contributed by atoms with E-state index in [0.29, 0.717) is 5.75 Å². The van der Waals surface area contributed by atoms with Crippen molar-refractivity contribution >= 4 is 22.6 Å². The molecule has 0 saturated carbocycles. The summed E-state index contributed by atoms with van der Waals surface area (Å²) in [5, 5.41) is 9.84. The van der Waals surface area contributed by atoms with Crippen LogP contribution in [0.15, 0.2) is 12.1 Å². The van der Waals surface area contributed by atoms with E-state index in [2.05, 4.69) is 53.3 Å². The minimum atomic E-state index is 0.225. The average Bonchev–Trinajstić information content (AvgIpc) is 2.43. The van der Waals surface area contributed by atoms with Gasteiger partial charge in [0.15, 0.2) is 11.5 Å². The van der Waals surface area contributed by atoms with E-state index in [9.17, 15) is 5.11 Å². The van der Waals surface area contributed by atoms with Crippen LogP contribution < -0.4 is 4.74 Å². The minimum absolute atomic E-state index is 0.225. The summed E-state index contributed by atoms with van der Waals surface area (Å²) in [6, 6.07) is 3.91. The van der Waals surface area contributed by atoms with Crippen LogP contribution in [0.3, 0.4) is 0 Å². The van der Waals surface area contributed by atoms with Gasteiger partial charge in [-0.05, 0) is 60.4 Å². The quantitative estimate of drug-likeness (QED) is 0.691. The molecular weight excluding hydrogens is 367 g/mol. The second-order valence-corrected chi connectivity index (χ2v) is 6.06. The highest BCUT2D eigenvalue weighted by Gasteiger charge is 2.10. The molecular formula is C15H25IN2O2. The van der Waals surface area contributed by atoms with Gasteiger partial charge in [0, 0.05) is 19.6 Å². The summed E-state index contributed by atoms with van der Waals surface area (Å²) < 4.78 is 6.03. The van der Waals surface area contributed by atoms with Crippen molar-refractivity contribution in [2.75, 3.05) is 40.3 Å². The maximum absolute atomic E-state index is 9.84. The van der Waals surface area contributed by atoms with Crippen molar-refractivity contribution in [1.82, 2.24) is 9.80 Å². The molecule has 20 heavy (non-hydrogen) atoms. The molecule has 0 atom stereocenters. The first-order valence-corrected chi connectivity index (χ1v) is 8.05. The van der Waals surface area contributed by atoms with Crippen molar-refractivity contribution in [1.29, 1.82) is 0 Å². The Labute approximate surface area is 135 Å². The fourth-order valence-electron chi connectivity index (χ4n) is 2.12. The summed E-state index contributed by atoms with van der Waals surface area (Å²) in [5.41, 5.74) is 1.16. The molecule has 1 aromatic carbocycles. The largest absolute Gasteiger partial charge is 0.504 e. The van der Waals surface area contributed by atoms with Crippen molar-refractivity contribution in [3.8, 4) is 11.5 Å². The lowest BCUT2D eigenvalue weighted by molar-refractivity contribution is 0.236. The highest BCUT2D eigenvalue weighted by Crippen LogP contribution is 2.32. The molecule has 1 N–H and O–H groups in total. The Balaban J connectivity index is 2.62. The number of phenolic OH excluding ortho intramolecular Hbond substituents is 1. The summed E-state index contributed by atoms with van der Waals surface area (Å²) >= 11 is 2.13. The molecule has 0 spiro atoms. The lowest BCUT2D eigenvalue weighted by Crippen LogP contribution is -2.32. The lowest BCUT2D eigenvalue weighted by Gasteiger charge is -2.23. The van der Waals surface area contributed by atoms with Crippen LogP contribution in [-0.2, 0) is 6.54 Å². The van der Waals surface area contributed by atoms with Gasteiger partial charge in [-0.15, -0.1) is 0 Å².